The number of hydrogen-bond donors (Lipinski definition) is 0. The average Bonchev–Trinajstić information content (AvgIpc) is 2.75. The number of halogens is 3. The molecule has 0 saturated carbocycles. The van der Waals surface area contributed by atoms with Crippen LogP contribution in [0.15, 0.2) is 42.5 Å². The minimum absolute atomic E-state index is 0.0665. The molecule has 5 nitrogen and oxygen atoms in total. The Morgan fingerprint density at radius 2 is 1.74 bits per heavy atom. The first-order valence-electron chi connectivity index (χ1n) is 9.98. The predicted octanol–water partition coefficient (Wildman–Crippen LogP) is 4.87. The number of carbonyl (C=O) groups excluding carboxylic acids is 2. The molecule has 0 atom stereocenters. The van der Waals surface area contributed by atoms with E-state index < -0.39 is 23.6 Å². The molecule has 2 rings (SSSR count). The topological polar surface area (TPSA) is 55.8 Å². The number of methoxy groups -OCH3 is 1. The first kappa shape index (κ1) is 24.2. The Kier molecular flexibility index (Phi) is 8.47. The van der Waals surface area contributed by atoms with Gasteiger partial charge in [0.25, 0.3) is 5.91 Å². The van der Waals surface area contributed by atoms with E-state index in [0.29, 0.717) is 12.0 Å². The fourth-order valence-electron chi connectivity index (χ4n) is 3.21. The molecule has 0 N–H and O–H groups in total. The zero-order valence-corrected chi connectivity index (χ0v) is 17.8. The highest BCUT2D eigenvalue weighted by Crippen LogP contribution is 2.35. The lowest BCUT2D eigenvalue weighted by Crippen LogP contribution is -2.34. The Hall–Kier alpha value is -3.03. The van der Waals surface area contributed by atoms with Crippen molar-refractivity contribution in [3.05, 3.63) is 64.7 Å². The molecule has 0 unspecified atom stereocenters. The van der Waals surface area contributed by atoms with E-state index in [1.54, 1.807) is 31.2 Å². The molecule has 31 heavy (non-hydrogen) atoms. The molecule has 8 heteroatoms. The summed E-state index contributed by atoms with van der Waals surface area (Å²) in [5.74, 6) is -0.891. The van der Waals surface area contributed by atoms with Crippen LogP contribution in [0.5, 0.6) is 5.75 Å². The van der Waals surface area contributed by atoms with E-state index in [0.717, 1.165) is 11.6 Å². The Labute approximate surface area is 179 Å². The van der Waals surface area contributed by atoms with Crippen LogP contribution < -0.4 is 4.74 Å². The van der Waals surface area contributed by atoms with Gasteiger partial charge in [-0.2, -0.15) is 13.2 Å². The molecule has 2 aromatic carbocycles. The number of aryl methyl sites for hydroxylation is 1. The van der Waals surface area contributed by atoms with Gasteiger partial charge in [-0.05, 0) is 42.7 Å². The second-order valence-corrected chi connectivity index (χ2v) is 6.81. The molecule has 1 amide bonds. The third-order valence-electron chi connectivity index (χ3n) is 4.79. The van der Waals surface area contributed by atoms with Gasteiger partial charge in [-0.1, -0.05) is 31.2 Å². The van der Waals surface area contributed by atoms with E-state index in [2.05, 4.69) is 0 Å². The van der Waals surface area contributed by atoms with Crippen molar-refractivity contribution in [1.29, 1.82) is 0 Å². The van der Waals surface area contributed by atoms with Crippen LogP contribution in [-0.2, 0) is 28.7 Å². The maximum Gasteiger partial charge on any atom is 0.416 e. The molecule has 0 radical (unpaired) electrons. The van der Waals surface area contributed by atoms with Crippen molar-refractivity contribution in [1.82, 2.24) is 4.90 Å². The number of rotatable bonds is 9. The fourth-order valence-corrected chi connectivity index (χ4v) is 3.21. The van der Waals surface area contributed by atoms with Gasteiger partial charge in [-0.25, -0.2) is 0 Å². The van der Waals surface area contributed by atoms with Gasteiger partial charge < -0.3 is 14.4 Å². The molecule has 0 aromatic heterocycles. The highest BCUT2D eigenvalue weighted by Gasteiger charge is 2.34. The standard InChI is InChI=1S/C23H26F3NO4/c1-4-16-8-6-7-9-19(16)22(29)27(13-12-21(28)31-5-2)15-17-10-11-18(30-3)14-20(17)23(24,25)26/h6-11,14H,4-5,12-13,15H2,1-3H3. The van der Waals surface area contributed by atoms with Crippen LogP contribution in [0.25, 0.3) is 0 Å². The van der Waals surface area contributed by atoms with Gasteiger partial charge in [0.05, 0.1) is 25.7 Å². The van der Waals surface area contributed by atoms with Crippen LogP contribution in [0.2, 0.25) is 0 Å². The van der Waals surface area contributed by atoms with Crippen LogP contribution >= 0.6 is 0 Å². The van der Waals surface area contributed by atoms with E-state index in [-0.39, 0.29) is 37.4 Å². The molecule has 0 heterocycles. The summed E-state index contributed by atoms with van der Waals surface area (Å²) >= 11 is 0. The molecule has 0 aliphatic heterocycles. The lowest BCUT2D eigenvalue weighted by Gasteiger charge is -2.25. The number of amides is 1. The Bertz CT molecular complexity index is 912. The zero-order valence-electron chi connectivity index (χ0n) is 17.8. The minimum Gasteiger partial charge on any atom is -0.497 e. The first-order chi connectivity index (χ1) is 14.7. The van der Waals surface area contributed by atoms with E-state index in [9.17, 15) is 22.8 Å². The molecule has 0 fully saturated rings. The number of nitrogens with zero attached hydrogens (tertiary/aromatic N) is 1. The summed E-state index contributed by atoms with van der Waals surface area (Å²) in [5, 5.41) is 0. The number of alkyl halides is 3. The molecule has 0 saturated heterocycles. The minimum atomic E-state index is -4.62. The summed E-state index contributed by atoms with van der Waals surface area (Å²) in [6, 6.07) is 10.5. The van der Waals surface area contributed by atoms with Gasteiger partial charge in [0.15, 0.2) is 0 Å². The van der Waals surface area contributed by atoms with Gasteiger partial charge >= 0.3 is 12.1 Å². The van der Waals surface area contributed by atoms with Crippen molar-refractivity contribution in [2.75, 3.05) is 20.3 Å². The summed E-state index contributed by atoms with van der Waals surface area (Å²) in [5.41, 5.74) is 0.208. The Morgan fingerprint density at radius 1 is 1.03 bits per heavy atom. The number of esters is 1. The number of carbonyl (C=O) groups is 2. The smallest absolute Gasteiger partial charge is 0.416 e. The van der Waals surface area contributed by atoms with Gasteiger partial charge in [0, 0.05) is 18.7 Å². The Balaban J connectivity index is 2.41. The van der Waals surface area contributed by atoms with Gasteiger partial charge in [0.1, 0.15) is 5.75 Å². The molecule has 0 spiro atoms. The van der Waals surface area contributed by atoms with Crippen LogP contribution in [0.4, 0.5) is 13.2 Å². The lowest BCUT2D eigenvalue weighted by atomic mass is 10.0. The molecular formula is C23H26F3NO4. The predicted molar refractivity (Wildman–Crippen MR) is 110 cm³/mol. The van der Waals surface area contributed by atoms with Crippen LogP contribution in [0, 0.1) is 0 Å². The summed E-state index contributed by atoms with van der Waals surface area (Å²) < 4.78 is 50.7. The van der Waals surface area contributed by atoms with Crippen LogP contribution in [-0.4, -0.2) is 37.0 Å². The molecule has 2 aromatic rings. The Morgan fingerprint density at radius 3 is 2.35 bits per heavy atom. The van der Waals surface area contributed by atoms with E-state index >= 15 is 0 Å². The summed E-state index contributed by atoms with van der Waals surface area (Å²) in [7, 11) is 1.28. The van der Waals surface area contributed by atoms with Gasteiger partial charge in [0.2, 0.25) is 0 Å². The maximum absolute atomic E-state index is 13.6. The third kappa shape index (κ3) is 6.47. The molecule has 0 bridgehead atoms. The van der Waals surface area contributed by atoms with Crippen molar-refractivity contribution in [2.45, 2.75) is 39.4 Å². The van der Waals surface area contributed by atoms with Crippen LogP contribution in [0.1, 0.15) is 47.3 Å². The van der Waals surface area contributed by atoms with Crippen LogP contribution in [0.3, 0.4) is 0 Å². The monoisotopic (exact) mass is 437 g/mol. The van der Waals surface area contributed by atoms with Crippen molar-refractivity contribution in [2.24, 2.45) is 0 Å². The summed E-state index contributed by atoms with van der Waals surface area (Å²) in [6.45, 7) is 3.35. The third-order valence-corrected chi connectivity index (χ3v) is 4.79. The molecule has 168 valence electrons. The van der Waals surface area contributed by atoms with Crippen molar-refractivity contribution >= 4 is 11.9 Å². The molecular weight excluding hydrogens is 411 g/mol. The number of hydrogen-bond acceptors (Lipinski definition) is 4. The summed E-state index contributed by atoms with van der Waals surface area (Å²) in [4.78, 5) is 26.3. The quantitative estimate of drug-likeness (QED) is 0.525. The fraction of sp³-hybridized carbons (Fsp3) is 0.391. The normalized spacial score (nSPS) is 11.2. The van der Waals surface area contributed by atoms with Gasteiger partial charge in [-0.15, -0.1) is 0 Å². The van der Waals surface area contributed by atoms with Gasteiger partial charge in [-0.3, -0.25) is 9.59 Å². The number of benzene rings is 2. The molecule has 0 aliphatic carbocycles. The number of ether oxygens (including phenoxy) is 2. The SMILES string of the molecule is CCOC(=O)CCN(Cc1ccc(OC)cc1C(F)(F)F)C(=O)c1ccccc1CC. The highest BCUT2D eigenvalue weighted by atomic mass is 19.4. The second kappa shape index (κ2) is 10.8. The maximum atomic E-state index is 13.6. The summed E-state index contributed by atoms with van der Waals surface area (Å²) in [6.07, 6.45) is -4.16. The lowest BCUT2D eigenvalue weighted by molar-refractivity contribution is -0.143. The van der Waals surface area contributed by atoms with Crippen molar-refractivity contribution in [3.63, 3.8) is 0 Å². The van der Waals surface area contributed by atoms with Crippen molar-refractivity contribution < 1.29 is 32.2 Å². The highest BCUT2D eigenvalue weighted by molar-refractivity contribution is 5.96. The largest absolute Gasteiger partial charge is 0.497 e. The average molecular weight is 437 g/mol. The zero-order chi connectivity index (χ0) is 23.0. The first-order valence-corrected chi connectivity index (χ1v) is 9.98. The van der Waals surface area contributed by atoms with Crippen molar-refractivity contribution in [3.8, 4) is 5.75 Å². The van der Waals surface area contributed by atoms with E-state index in [4.69, 9.17) is 9.47 Å². The molecule has 0 aliphatic rings. The van der Waals surface area contributed by atoms with E-state index in [1.165, 1.54) is 24.1 Å². The second-order valence-electron chi connectivity index (χ2n) is 6.81. The van der Waals surface area contributed by atoms with E-state index in [1.807, 2.05) is 6.92 Å².